The van der Waals surface area contributed by atoms with Crippen molar-refractivity contribution in [2.45, 2.75) is 25.6 Å². The van der Waals surface area contributed by atoms with E-state index in [2.05, 4.69) is 4.99 Å². The van der Waals surface area contributed by atoms with Crippen LogP contribution in [-0.2, 0) is 11.0 Å². The first-order valence-electron chi connectivity index (χ1n) is 8.31. The van der Waals surface area contributed by atoms with Crippen molar-refractivity contribution in [3.05, 3.63) is 64.5 Å². The molecule has 0 aliphatic rings. The maximum Gasteiger partial charge on any atom is 0.416 e. The Morgan fingerprint density at radius 1 is 1.18 bits per heavy atom. The smallest absolute Gasteiger partial charge is 0.416 e. The maximum atomic E-state index is 12.9. The van der Waals surface area contributed by atoms with E-state index < -0.39 is 29.7 Å². The lowest BCUT2D eigenvalue weighted by Crippen LogP contribution is -2.27. The average Bonchev–Trinajstić information content (AvgIpc) is 2.99. The number of thiazole rings is 1. The summed E-state index contributed by atoms with van der Waals surface area (Å²) in [5.41, 5.74) is -0.575. The van der Waals surface area contributed by atoms with Crippen LogP contribution in [0.3, 0.4) is 0 Å². The number of rotatable bonds is 4. The number of alkyl halides is 3. The first kappa shape index (κ1) is 19.8. The van der Waals surface area contributed by atoms with E-state index in [-0.39, 0.29) is 16.8 Å². The maximum absolute atomic E-state index is 12.9. The molecule has 3 rings (SSSR count). The Bertz CT molecular complexity index is 1120. The number of carboxylic acids is 1. The second-order valence-corrected chi connectivity index (χ2v) is 6.99. The third-order valence-electron chi connectivity index (χ3n) is 4.15. The molecule has 0 saturated carbocycles. The number of nitrogens with zero attached hydrogens (tertiary/aromatic N) is 2. The van der Waals surface area contributed by atoms with Crippen LogP contribution in [0.15, 0.2) is 53.5 Å². The van der Waals surface area contributed by atoms with Crippen molar-refractivity contribution in [1.82, 2.24) is 4.57 Å². The number of aliphatic carboxylic acids is 1. The number of carboxylic acid groups (broad SMARTS) is 1. The van der Waals surface area contributed by atoms with Gasteiger partial charge in [-0.2, -0.15) is 18.2 Å². The molecule has 146 valence electrons. The van der Waals surface area contributed by atoms with Crippen molar-refractivity contribution >= 4 is 33.4 Å². The fraction of sp³-hybridized carbons (Fsp3) is 0.211. The van der Waals surface area contributed by atoms with Gasteiger partial charge in [0.2, 0.25) is 0 Å². The lowest BCUT2D eigenvalue weighted by atomic mass is 10.1. The van der Waals surface area contributed by atoms with Crippen LogP contribution in [0.4, 0.5) is 13.2 Å². The molecule has 1 amide bonds. The summed E-state index contributed by atoms with van der Waals surface area (Å²) in [6.07, 6.45) is -4.33. The van der Waals surface area contributed by atoms with E-state index in [9.17, 15) is 27.9 Å². The first-order valence-corrected chi connectivity index (χ1v) is 9.13. The summed E-state index contributed by atoms with van der Waals surface area (Å²) in [5, 5.41) is 9.54. The monoisotopic (exact) mass is 408 g/mol. The van der Waals surface area contributed by atoms with Gasteiger partial charge in [0.05, 0.1) is 15.8 Å². The molecule has 1 unspecified atom stereocenters. The molecule has 3 aromatic rings. The normalized spacial score (nSPS) is 13.6. The van der Waals surface area contributed by atoms with Crippen LogP contribution in [0.25, 0.3) is 10.2 Å². The zero-order chi connectivity index (χ0) is 20.5. The predicted octanol–water partition coefficient (Wildman–Crippen LogP) is 4.50. The zero-order valence-corrected chi connectivity index (χ0v) is 15.4. The number of benzene rings is 2. The number of hydrogen-bond acceptors (Lipinski definition) is 3. The molecule has 0 radical (unpaired) electrons. The van der Waals surface area contributed by atoms with Gasteiger partial charge in [0.1, 0.15) is 6.04 Å². The van der Waals surface area contributed by atoms with E-state index in [1.165, 1.54) is 10.6 Å². The second-order valence-electron chi connectivity index (χ2n) is 5.98. The van der Waals surface area contributed by atoms with E-state index in [0.717, 1.165) is 34.2 Å². The van der Waals surface area contributed by atoms with Gasteiger partial charge in [0, 0.05) is 5.56 Å². The second kappa shape index (κ2) is 7.59. The molecule has 0 aliphatic carbocycles. The highest BCUT2D eigenvalue weighted by atomic mass is 32.1. The highest BCUT2D eigenvalue weighted by molar-refractivity contribution is 7.16. The minimum atomic E-state index is -4.58. The minimum absolute atomic E-state index is 0.123. The average molecular weight is 408 g/mol. The fourth-order valence-electron chi connectivity index (χ4n) is 2.82. The van der Waals surface area contributed by atoms with E-state index in [1.54, 1.807) is 31.2 Å². The fourth-order valence-corrected chi connectivity index (χ4v) is 3.89. The number of carbonyl (C=O) groups excluding carboxylic acids is 1. The summed E-state index contributed by atoms with van der Waals surface area (Å²) in [6, 6.07) is 10.0. The number of hydrogen-bond donors (Lipinski definition) is 1. The van der Waals surface area contributed by atoms with Gasteiger partial charge in [0.25, 0.3) is 5.91 Å². The van der Waals surface area contributed by atoms with Crippen LogP contribution in [-0.4, -0.2) is 21.6 Å². The zero-order valence-electron chi connectivity index (χ0n) is 14.6. The van der Waals surface area contributed by atoms with Crippen molar-refractivity contribution in [2.24, 2.45) is 4.99 Å². The molecule has 1 atom stereocenters. The number of para-hydroxylation sites is 1. The highest BCUT2D eigenvalue weighted by Crippen LogP contribution is 2.29. The van der Waals surface area contributed by atoms with Gasteiger partial charge < -0.3 is 9.67 Å². The Kier molecular flexibility index (Phi) is 5.37. The molecule has 1 heterocycles. The van der Waals surface area contributed by atoms with Gasteiger partial charge in [-0.25, -0.2) is 4.79 Å². The minimum Gasteiger partial charge on any atom is -0.480 e. The summed E-state index contributed by atoms with van der Waals surface area (Å²) >= 11 is 1.11. The van der Waals surface area contributed by atoms with Gasteiger partial charge in [-0.15, -0.1) is 0 Å². The summed E-state index contributed by atoms with van der Waals surface area (Å²) in [6.45, 7) is 1.69. The van der Waals surface area contributed by atoms with Crippen LogP contribution < -0.4 is 4.80 Å². The van der Waals surface area contributed by atoms with Crippen molar-refractivity contribution < 1.29 is 27.9 Å². The van der Waals surface area contributed by atoms with Crippen molar-refractivity contribution in [2.75, 3.05) is 0 Å². The number of aromatic nitrogens is 1. The summed E-state index contributed by atoms with van der Waals surface area (Å²) in [7, 11) is 0. The Balaban J connectivity index is 2.17. The van der Waals surface area contributed by atoms with Crippen LogP contribution in [0.1, 0.15) is 35.3 Å². The molecule has 5 nitrogen and oxygen atoms in total. The Morgan fingerprint density at radius 3 is 2.54 bits per heavy atom. The number of amides is 1. The van der Waals surface area contributed by atoms with Crippen LogP contribution in [0.2, 0.25) is 0 Å². The van der Waals surface area contributed by atoms with Gasteiger partial charge in [-0.05, 0) is 36.8 Å². The Hall–Kier alpha value is -2.94. The Morgan fingerprint density at radius 2 is 1.89 bits per heavy atom. The SMILES string of the molecule is CCC(C(=O)O)n1/c(=N/C(=O)c2cccc(C(F)(F)F)c2)sc2ccccc21. The summed E-state index contributed by atoms with van der Waals surface area (Å²) < 4.78 is 40.8. The van der Waals surface area contributed by atoms with E-state index in [0.29, 0.717) is 5.52 Å². The molecular weight excluding hydrogens is 393 g/mol. The van der Waals surface area contributed by atoms with Crippen molar-refractivity contribution in [1.29, 1.82) is 0 Å². The first-order chi connectivity index (χ1) is 13.2. The molecule has 1 aromatic heterocycles. The summed E-state index contributed by atoms with van der Waals surface area (Å²) in [5.74, 6) is -1.95. The molecule has 28 heavy (non-hydrogen) atoms. The lowest BCUT2D eigenvalue weighted by molar-refractivity contribution is -0.141. The lowest BCUT2D eigenvalue weighted by Gasteiger charge is -2.13. The molecule has 9 heteroatoms. The van der Waals surface area contributed by atoms with Crippen LogP contribution >= 0.6 is 11.3 Å². The highest BCUT2D eigenvalue weighted by Gasteiger charge is 2.31. The Labute approximate surface area is 161 Å². The van der Waals surface area contributed by atoms with Crippen molar-refractivity contribution in [3.8, 4) is 0 Å². The molecular formula is C19H15F3N2O3S. The number of carbonyl (C=O) groups is 2. The van der Waals surface area contributed by atoms with Gasteiger partial charge in [-0.3, -0.25) is 4.79 Å². The molecule has 0 aliphatic heterocycles. The third kappa shape index (κ3) is 3.84. The molecule has 0 bridgehead atoms. The third-order valence-corrected chi connectivity index (χ3v) is 5.19. The number of halogens is 3. The molecule has 2 aromatic carbocycles. The van der Waals surface area contributed by atoms with E-state index in [4.69, 9.17) is 0 Å². The van der Waals surface area contributed by atoms with E-state index >= 15 is 0 Å². The van der Waals surface area contributed by atoms with E-state index in [1.807, 2.05) is 0 Å². The quantitative estimate of drug-likeness (QED) is 0.691. The number of fused-ring (bicyclic) bond motifs is 1. The van der Waals surface area contributed by atoms with Gasteiger partial charge in [0.15, 0.2) is 4.80 Å². The largest absolute Gasteiger partial charge is 0.480 e. The molecule has 0 spiro atoms. The van der Waals surface area contributed by atoms with Crippen molar-refractivity contribution in [3.63, 3.8) is 0 Å². The van der Waals surface area contributed by atoms with Gasteiger partial charge in [-0.1, -0.05) is 36.5 Å². The molecule has 1 N–H and O–H groups in total. The van der Waals surface area contributed by atoms with Gasteiger partial charge >= 0.3 is 12.1 Å². The van der Waals surface area contributed by atoms with Crippen LogP contribution in [0, 0.1) is 0 Å². The topological polar surface area (TPSA) is 71.7 Å². The summed E-state index contributed by atoms with van der Waals surface area (Å²) in [4.78, 5) is 28.3. The molecule has 0 saturated heterocycles. The molecule has 0 fully saturated rings. The predicted molar refractivity (Wildman–Crippen MR) is 98.1 cm³/mol. The standard InChI is InChI=1S/C19H15F3N2O3S/c1-2-13(17(26)27)24-14-8-3-4-9-15(14)28-18(24)23-16(25)11-6-5-7-12(10-11)19(20,21)22/h3-10,13H,2H2,1H3,(H,26,27)/b23-18-. The van der Waals surface area contributed by atoms with Crippen LogP contribution in [0.5, 0.6) is 0 Å².